The van der Waals surface area contributed by atoms with Gasteiger partial charge in [0.2, 0.25) is 5.76 Å². The zero-order chi connectivity index (χ0) is 16.7. The van der Waals surface area contributed by atoms with E-state index in [1.807, 2.05) is 0 Å². The number of hydrogen-bond donors (Lipinski definition) is 1. The number of hydrogen-bond acceptors (Lipinski definition) is 6. The fourth-order valence-corrected chi connectivity index (χ4v) is 2.32. The largest absolute Gasteiger partial charge is 0.461 e. The van der Waals surface area contributed by atoms with Crippen LogP contribution in [-0.4, -0.2) is 15.6 Å². The lowest BCUT2D eigenvalue weighted by molar-refractivity contribution is 0.101. The number of nitrogens with one attached hydrogen (secondary N) is 1. The molecule has 0 spiro atoms. The highest BCUT2D eigenvalue weighted by Crippen LogP contribution is 2.22. The molecule has 3 aromatic heterocycles. The number of fused-ring (bicyclic) bond motifs is 1. The van der Waals surface area contributed by atoms with Gasteiger partial charge in [0.25, 0.3) is 5.91 Å². The number of oxazole rings is 1. The second-order valence-electron chi connectivity index (χ2n) is 5.12. The fourth-order valence-electron chi connectivity index (χ4n) is 2.32. The van der Waals surface area contributed by atoms with E-state index >= 15 is 0 Å². The van der Waals surface area contributed by atoms with Crippen molar-refractivity contribution in [2.75, 3.05) is 5.32 Å². The minimum atomic E-state index is -0.465. The van der Waals surface area contributed by atoms with E-state index in [9.17, 15) is 9.59 Å². The number of carbonyl (C=O) groups excluding carboxylic acids is 1. The van der Waals surface area contributed by atoms with E-state index in [0.717, 1.165) is 0 Å². The third-order valence-electron chi connectivity index (χ3n) is 3.56. The quantitative estimate of drug-likeness (QED) is 0.621. The third-order valence-corrected chi connectivity index (χ3v) is 3.56. The Morgan fingerprint density at radius 3 is 2.88 bits per heavy atom. The number of benzene rings is 1. The summed E-state index contributed by atoms with van der Waals surface area (Å²) in [7, 11) is 1.61. The molecule has 24 heavy (non-hydrogen) atoms. The van der Waals surface area contributed by atoms with Crippen molar-refractivity contribution in [2.24, 2.45) is 7.05 Å². The molecule has 1 amide bonds. The van der Waals surface area contributed by atoms with Crippen molar-refractivity contribution in [3.63, 3.8) is 0 Å². The SMILES string of the molecule is Cn1c(=O)oc2cc(NC(=O)c3cc(-c4ccco4)on3)ccc21. The van der Waals surface area contributed by atoms with E-state index in [2.05, 4.69) is 10.5 Å². The maximum atomic E-state index is 12.2. The Morgan fingerprint density at radius 1 is 1.21 bits per heavy atom. The van der Waals surface area contributed by atoms with E-state index < -0.39 is 11.7 Å². The summed E-state index contributed by atoms with van der Waals surface area (Å²) in [6.45, 7) is 0. The fraction of sp³-hybridized carbons (Fsp3) is 0.0625. The van der Waals surface area contributed by atoms with Gasteiger partial charge in [-0.15, -0.1) is 0 Å². The van der Waals surface area contributed by atoms with Gasteiger partial charge in [0, 0.05) is 24.9 Å². The van der Waals surface area contributed by atoms with Crippen LogP contribution in [0.5, 0.6) is 0 Å². The molecule has 1 aromatic carbocycles. The van der Waals surface area contributed by atoms with Gasteiger partial charge in [-0.3, -0.25) is 9.36 Å². The van der Waals surface area contributed by atoms with E-state index in [1.165, 1.54) is 16.9 Å². The van der Waals surface area contributed by atoms with E-state index in [0.29, 0.717) is 28.3 Å². The van der Waals surface area contributed by atoms with Crippen molar-refractivity contribution in [2.45, 2.75) is 0 Å². The molecule has 0 saturated heterocycles. The highest BCUT2D eigenvalue weighted by molar-refractivity contribution is 6.03. The topological polar surface area (TPSA) is 103 Å². The molecule has 1 N–H and O–H groups in total. The smallest absolute Gasteiger partial charge is 0.419 e. The van der Waals surface area contributed by atoms with Crippen LogP contribution in [-0.2, 0) is 7.05 Å². The second-order valence-corrected chi connectivity index (χ2v) is 5.12. The first-order valence-electron chi connectivity index (χ1n) is 7.03. The molecule has 4 aromatic rings. The number of amides is 1. The normalized spacial score (nSPS) is 11.0. The summed E-state index contributed by atoms with van der Waals surface area (Å²) in [6.07, 6.45) is 1.50. The molecule has 3 heterocycles. The van der Waals surface area contributed by atoms with Gasteiger partial charge in [-0.2, -0.15) is 0 Å². The lowest BCUT2D eigenvalue weighted by Crippen LogP contribution is -2.12. The average molecular weight is 325 g/mol. The predicted octanol–water partition coefficient (Wildman–Crippen LogP) is 2.63. The number of aryl methyl sites for hydroxylation is 1. The lowest BCUT2D eigenvalue weighted by atomic mass is 10.2. The summed E-state index contributed by atoms with van der Waals surface area (Å²) in [5.41, 5.74) is 1.61. The van der Waals surface area contributed by atoms with Gasteiger partial charge in [-0.05, 0) is 24.3 Å². The summed E-state index contributed by atoms with van der Waals surface area (Å²) in [4.78, 5) is 23.7. The summed E-state index contributed by atoms with van der Waals surface area (Å²) < 4.78 is 16.7. The Labute approximate surface area is 134 Å². The highest BCUT2D eigenvalue weighted by atomic mass is 16.5. The first kappa shape index (κ1) is 14.1. The molecule has 0 bridgehead atoms. The van der Waals surface area contributed by atoms with Crippen LogP contribution in [0.15, 0.2) is 60.8 Å². The van der Waals surface area contributed by atoms with E-state index in [4.69, 9.17) is 13.4 Å². The van der Waals surface area contributed by atoms with Crippen molar-refractivity contribution < 1.29 is 18.2 Å². The van der Waals surface area contributed by atoms with Crippen LogP contribution in [0.25, 0.3) is 22.6 Å². The number of aromatic nitrogens is 2. The molecule has 0 atom stereocenters. The van der Waals surface area contributed by atoms with Crippen molar-refractivity contribution >= 4 is 22.7 Å². The van der Waals surface area contributed by atoms with E-state index in [1.54, 1.807) is 37.4 Å². The predicted molar refractivity (Wildman–Crippen MR) is 83.6 cm³/mol. The number of carbonyl (C=O) groups is 1. The molecule has 0 unspecified atom stereocenters. The van der Waals surface area contributed by atoms with Crippen LogP contribution in [0.4, 0.5) is 5.69 Å². The van der Waals surface area contributed by atoms with Crippen LogP contribution in [0.2, 0.25) is 0 Å². The van der Waals surface area contributed by atoms with Gasteiger partial charge in [0.1, 0.15) is 0 Å². The Morgan fingerprint density at radius 2 is 2.08 bits per heavy atom. The van der Waals surface area contributed by atoms with Gasteiger partial charge in [-0.25, -0.2) is 4.79 Å². The molecule has 8 heteroatoms. The van der Waals surface area contributed by atoms with Gasteiger partial charge >= 0.3 is 5.76 Å². The molecule has 0 fully saturated rings. The van der Waals surface area contributed by atoms with Crippen LogP contribution in [0.1, 0.15) is 10.5 Å². The third kappa shape index (κ3) is 2.30. The van der Waals surface area contributed by atoms with Crippen molar-refractivity contribution in [3.05, 3.63) is 58.9 Å². The Bertz CT molecular complexity index is 1080. The van der Waals surface area contributed by atoms with Gasteiger partial charge in [0.15, 0.2) is 17.0 Å². The van der Waals surface area contributed by atoms with Crippen molar-refractivity contribution in [1.82, 2.24) is 9.72 Å². The maximum Gasteiger partial charge on any atom is 0.419 e. The molecular formula is C16H11N3O5. The van der Waals surface area contributed by atoms with Crippen LogP contribution < -0.4 is 11.1 Å². The summed E-state index contributed by atoms with van der Waals surface area (Å²) in [5, 5.41) is 6.40. The maximum absolute atomic E-state index is 12.2. The summed E-state index contributed by atoms with van der Waals surface area (Å²) in [6, 6.07) is 9.82. The molecule has 0 aliphatic heterocycles. The molecule has 8 nitrogen and oxygen atoms in total. The first-order valence-corrected chi connectivity index (χ1v) is 7.03. The first-order chi connectivity index (χ1) is 11.6. The molecule has 4 rings (SSSR count). The van der Waals surface area contributed by atoms with E-state index in [-0.39, 0.29) is 5.69 Å². The van der Waals surface area contributed by atoms with Crippen LogP contribution >= 0.6 is 0 Å². The van der Waals surface area contributed by atoms with Crippen LogP contribution in [0.3, 0.4) is 0 Å². The minimum Gasteiger partial charge on any atom is -0.461 e. The number of nitrogens with zero attached hydrogens (tertiary/aromatic N) is 2. The van der Waals surface area contributed by atoms with Gasteiger partial charge in [-0.1, -0.05) is 5.16 Å². The Hall–Kier alpha value is -3.55. The Kier molecular flexibility index (Phi) is 3.09. The lowest BCUT2D eigenvalue weighted by Gasteiger charge is -2.02. The molecule has 0 saturated carbocycles. The summed E-state index contributed by atoms with van der Waals surface area (Å²) >= 11 is 0. The van der Waals surface area contributed by atoms with Crippen molar-refractivity contribution in [3.8, 4) is 11.5 Å². The standard InChI is InChI=1S/C16H11N3O5/c1-19-11-5-4-9(7-13(11)23-16(19)21)17-15(20)10-8-14(24-18-10)12-3-2-6-22-12/h2-8H,1H3,(H,17,20). The number of furan rings is 1. The zero-order valence-corrected chi connectivity index (χ0v) is 12.5. The second kappa shape index (κ2) is 5.27. The zero-order valence-electron chi connectivity index (χ0n) is 12.5. The van der Waals surface area contributed by atoms with Gasteiger partial charge < -0.3 is 18.7 Å². The Balaban J connectivity index is 1.59. The monoisotopic (exact) mass is 325 g/mol. The van der Waals surface area contributed by atoms with Gasteiger partial charge in [0.05, 0.1) is 11.8 Å². The molecule has 0 radical (unpaired) electrons. The number of anilines is 1. The molecular weight excluding hydrogens is 314 g/mol. The summed E-state index contributed by atoms with van der Waals surface area (Å²) in [5.74, 6) is -0.0778. The minimum absolute atomic E-state index is 0.107. The highest BCUT2D eigenvalue weighted by Gasteiger charge is 2.16. The number of rotatable bonds is 3. The molecule has 0 aliphatic carbocycles. The van der Waals surface area contributed by atoms with Crippen LogP contribution in [0, 0.1) is 0 Å². The molecule has 120 valence electrons. The average Bonchev–Trinajstić information content (AvgIpc) is 3.29. The van der Waals surface area contributed by atoms with Crippen molar-refractivity contribution in [1.29, 1.82) is 0 Å². The molecule has 0 aliphatic rings.